The SMILES string of the molecule is C1=C[N-]c2c3c(ccc2=C1)=CC=C[N-]3.C1=C[N-]c2c3c(ccc2=C1)=CC=C[N-]3.CCC([NH3+])C(O)O.[Eu+2].[OH3+].[OH3+].[OH3+]. The number of hydrogen-bond donors (Lipinski definition) is 3. The summed E-state index contributed by atoms with van der Waals surface area (Å²) < 4.78 is 0. The normalized spacial score (nSPS) is 13.8. The smallest absolute Gasteiger partial charge is 0.665 e. The Bertz CT molecular complexity index is 1250. The van der Waals surface area contributed by atoms with Crippen molar-refractivity contribution in [2.24, 2.45) is 0 Å². The molecule has 14 N–H and O–H groups in total. The minimum Gasteiger partial charge on any atom is -0.665 e. The first-order chi connectivity index (χ1) is 17.1. The number of aliphatic hydroxyl groups is 2. The standard InChI is InChI=1S/2C12H8N2.C4H11NO2.Eu.3H2O/c2*1-3-9-5-6-10-4-2-8-14-12(10)11(9)13-7-1;1-2-3(5)4(6)7;;;;/h2*1-8H;3-4,6-7H,2,5H2,1H3;;3*1H2/q2*-2;;+2;;;/p+4. The molecule has 4 heterocycles. The number of aliphatic hydroxyl groups excluding tert-OH is 1. The van der Waals surface area contributed by atoms with Gasteiger partial charge in [-0.15, -0.1) is 22.7 Å². The summed E-state index contributed by atoms with van der Waals surface area (Å²) in [6, 6.07) is 8.07. The van der Waals surface area contributed by atoms with Crippen LogP contribution in [0.1, 0.15) is 13.3 Å². The molecule has 2 aromatic rings. The zero-order chi connectivity index (χ0) is 24.6. The van der Waals surface area contributed by atoms with E-state index in [0.29, 0.717) is 6.42 Å². The van der Waals surface area contributed by atoms with Gasteiger partial charge in [-0.2, -0.15) is 24.8 Å². The maximum atomic E-state index is 8.31. The molecule has 2 aromatic carbocycles. The van der Waals surface area contributed by atoms with E-state index in [-0.39, 0.29) is 71.8 Å². The van der Waals surface area contributed by atoms with Crippen molar-refractivity contribution in [2.45, 2.75) is 25.7 Å². The minimum absolute atomic E-state index is 0. The van der Waals surface area contributed by atoms with Gasteiger partial charge in [0.1, 0.15) is 6.04 Å². The monoisotopic (exact) mass is 676 g/mol. The average Bonchev–Trinajstić information content (AvgIpc) is 2.93. The summed E-state index contributed by atoms with van der Waals surface area (Å²) in [6.07, 6.45) is 22.6. The first-order valence-electron chi connectivity index (χ1n) is 11.4. The summed E-state index contributed by atoms with van der Waals surface area (Å²) in [5.74, 6) is 0. The molecule has 0 saturated heterocycles. The molecule has 0 bridgehead atoms. The largest absolute Gasteiger partial charge is 2.00 e. The van der Waals surface area contributed by atoms with Crippen molar-refractivity contribution in [1.82, 2.24) is 0 Å². The van der Waals surface area contributed by atoms with E-state index in [9.17, 15) is 0 Å². The van der Waals surface area contributed by atoms with Crippen molar-refractivity contribution in [3.05, 3.63) is 116 Å². The molecule has 209 valence electrons. The van der Waals surface area contributed by atoms with Crippen LogP contribution >= 0.6 is 0 Å². The molecular weight excluding hydrogens is 638 g/mol. The maximum absolute atomic E-state index is 8.31. The van der Waals surface area contributed by atoms with Crippen molar-refractivity contribution in [3.8, 4) is 0 Å². The van der Waals surface area contributed by atoms with Gasteiger partial charge in [0.05, 0.1) is 0 Å². The molecule has 0 aromatic heterocycles. The van der Waals surface area contributed by atoms with Gasteiger partial charge in [-0.3, -0.25) is 0 Å². The third-order valence-electron chi connectivity index (χ3n) is 5.64. The molecule has 4 aliphatic heterocycles. The molecule has 10 nitrogen and oxygen atoms in total. The fourth-order valence-electron chi connectivity index (χ4n) is 3.57. The second kappa shape index (κ2) is 17.9. The van der Waals surface area contributed by atoms with Gasteiger partial charge in [0.15, 0.2) is 0 Å². The predicted octanol–water partition coefficient (Wildman–Crippen LogP) is 0.177. The molecule has 39 heavy (non-hydrogen) atoms. The van der Waals surface area contributed by atoms with E-state index < -0.39 is 6.29 Å². The van der Waals surface area contributed by atoms with E-state index >= 15 is 0 Å². The number of allylic oxidation sites excluding steroid dienone is 4. The van der Waals surface area contributed by atoms with Crippen molar-refractivity contribution >= 4 is 47.1 Å². The van der Waals surface area contributed by atoms with Gasteiger partial charge in [-0.25, -0.2) is 0 Å². The third-order valence-corrected chi connectivity index (χ3v) is 5.64. The fraction of sp³-hybridized carbons (Fsp3) is 0.143. The van der Waals surface area contributed by atoms with Gasteiger partial charge in [0.25, 0.3) is 0 Å². The molecule has 4 aliphatic rings. The van der Waals surface area contributed by atoms with Crippen molar-refractivity contribution in [2.75, 3.05) is 0 Å². The third kappa shape index (κ3) is 9.25. The van der Waals surface area contributed by atoms with E-state index in [0.717, 1.165) is 43.6 Å². The van der Waals surface area contributed by atoms with Crippen molar-refractivity contribution in [1.29, 1.82) is 0 Å². The van der Waals surface area contributed by atoms with Crippen LogP contribution in [-0.2, 0) is 16.4 Å². The van der Waals surface area contributed by atoms with Crippen LogP contribution < -0.4 is 26.6 Å². The summed E-state index contributed by atoms with van der Waals surface area (Å²) >= 11 is 0. The number of nitrogens with zero attached hydrogens (tertiary/aromatic N) is 4. The molecule has 1 radical (unpaired) electrons. The first kappa shape index (κ1) is 36.4. The Morgan fingerprint density at radius 1 is 0.590 bits per heavy atom. The molecule has 0 saturated carbocycles. The molecule has 1 unspecified atom stereocenters. The molecule has 0 amide bonds. The van der Waals surface area contributed by atoms with Crippen LogP contribution in [0.5, 0.6) is 0 Å². The van der Waals surface area contributed by atoms with Crippen LogP contribution in [0, 0.1) is 49.4 Å². The zero-order valence-electron chi connectivity index (χ0n) is 21.6. The Kier molecular flexibility index (Phi) is 16.7. The zero-order valence-corrected chi connectivity index (χ0v) is 24.0. The van der Waals surface area contributed by atoms with E-state index in [2.05, 4.69) is 75.6 Å². The van der Waals surface area contributed by atoms with Crippen LogP contribution in [0.3, 0.4) is 0 Å². The van der Waals surface area contributed by atoms with E-state index in [1.807, 2.05) is 31.2 Å². The van der Waals surface area contributed by atoms with Gasteiger partial charge in [-0.05, 0) is 20.9 Å². The number of benzene rings is 2. The quantitative estimate of drug-likeness (QED) is 0.299. The van der Waals surface area contributed by atoms with E-state index in [1.54, 1.807) is 24.8 Å². The number of rotatable bonds is 2. The summed E-state index contributed by atoms with van der Waals surface area (Å²) in [7, 11) is 0. The van der Waals surface area contributed by atoms with Crippen LogP contribution in [-0.4, -0.2) is 22.5 Å². The Morgan fingerprint density at radius 2 is 0.846 bits per heavy atom. The van der Waals surface area contributed by atoms with Crippen LogP contribution in [0.2, 0.25) is 0 Å². The van der Waals surface area contributed by atoms with Crippen LogP contribution in [0.4, 0.5) is 22.7 Å². The van der Waals surface area contributed by atoms with Gasteiger partial charge in [0, 0.05) is 6.42 Å². The minimum atomic E-state index is -1.25. The summed E-state index contributed by atoms with van der Waals surface area (Å²) in [6.45, 7) is 1.86. The topological polar surface area (TPSA) is 224 Å². The molecule has 11 heteroatoms. The molecule has 0 spiro atoms. The van der Waals surface area contributed by atoms with Gasteiger partial charge >= 0.3 is 49.4 Å². The molecule has 1 atom stereocenters. The Morgan fingerprint density at radius 3 is 1.03 bits per heavy atom. The van der Waals surface area contributed by atoms with E-state index in [1.165, 1.54) is 0 Å². The van der Waals surface area contributed by atoms with Gasteiger partial charge in [-0.1, -0.05) is 79.8 Å². The molecule has 0 aliphatic carbocycles. The summed E-state index contributed by atoms with van der Waals surface area (Å²) in [5, 5.41) is 38.6. The van der Waals surface area contributed by atoms with Gasteiger partial charge in [0.2, 0.25) is 6.29 Å². The van der Waals surface area contributed by atoms with Crippen molar-refractivity contribution < 1.29 is 81.8 Å². The van der Waals surface area contributed by atoms with Crippen molar-refractivity contribution in [3.63, 3.8) is 0 Å². The number of fused-ring (bicyclic) bond motifs is 6. The second-order valence-electron chi connectivity index (χ2n) is 8.01. The predicted molar refractivity (Wildman–Crippen MR) is 158 cm³/mol. The average molecular weight is 676 g/mol. The fourth-order valence-corrected chi connectivity index (χ4v) is 3.57. The maximum Gasteiger partial charge on any atom is 2.00 e. The molecule has 0 fully saturated rings. The Labute approximate surface area is 267 Å². The summed E-state index contributed by atoms with van der Waals surface area (Å²) in [4.78, 5) is 0. The van der Waals surface area contributed by atoms with Crippen LogP contribution in [0.15, 0.2) is 73.4 Å². The number of quaternary nitrogens is 1. The Hall–Kier alpha value is -2.58. The second-order valence-corrected chi connectivity index (χ2v) is 8.01. The summed E-state index contributed by atoms with van der Waals surface area (Å²) in [5.41, 5.74) is 7.37. The first-order valence-corrected chi connectivity index (χ1v) is 11.4. The molecule has 6 rings (SSSR count). The number of hydrogen-bond acceptors (Lipinski definition) is 2. The van der Waals surface area contributed by atoms with E-state index in [4.69, 9.17) is 10.2 Å². The Balaban J connectivity index is 0.000000558. The van der Waals surface area contributed by atoms with Gasteiger partial charge < -0.3 is 53.6 Å². The molecular formula is C28H37EuN5O5+2. The van der Waals surface area contributed by atoms with Crippen LogP contribution in [0.25, 0.3) is 45.6 Å².